The van der Waals surface area contributed by atoms with Crippen LogP contribution in [0.5, 0.6) is 11.5 Å². The quantitative estimate of drug-likeness (QED) is 0.559. The van der Waals surface area contributed by atoms with Gasteiger partial charge in [-0.15, -0.1) is 0 Å². The average Bonchev–Trinajstić information content (AvgIpc) is 2.56. The summed E-state index contributed by atoms with van der Waals surface area (Å²) in [7, 11) is 3.22. The predicted molar refractivity (Wildman–Crippen MR) is 81.0 cm³/mol. The summed E-state index contributed by atoms with van der Waals surface area (Å²) in [5, 5.41) is 10.5. The number of hydrazine groups is 1. The molecule has 0 aliphatic rings. The molecule has 0 fully saturated rings. The van der Waals surface area contributed by atoms with Gasteiger partial charge in [0.05, 0.1) is 26.4 Å². The second-order valence-electron chi connectivity index (χ2n) is 4.64. The van der Waals surface area contributed by atoms with Crippen molar-refractivity contribution in [3.8, 4) is 11.5 Å². The molecular formula is C16H20N2O3. The zero-order valence-corrected chi connectivity index (χ0v) is 12.1. The summed E-state index contributed by atoms with van der Waals surface area (Å²) in [6.07, 6.45) is -0.769. The first-order valence-corrected chi connectivity index (χ1v) is 6.61. The van der Waals surface area contributed by atoms with Gasteiger partial charge in [-0.25, -0.2) is 0 Å². The molecule has 5 nitrogen and oxygen atoms in total. The Morgan fingerprint density at radius 1 is 0.857 bits per heavy atom. The Balaban J connectivity index is 2.21. The van der Waals surface area contributed by atoms with E-state index < -0.39 is 12.1 Å². The van der Waals surface area contributed by atoms with Crippen molar-refractivity contribution in [1.82, 2.24) is 5.43 Å². The topological polar surface area (TPSA) is 76.7 Å². The number of hydrogen-bond acceptors (Lipinski definition) is 5. The van der Waals surface area contributed by atoms with E-state index in [1.807, 2.05) is 36.4 Å². The van der Waals surface area contributed by atoms with Crippen LogP contribution < -0.4 is 20.7 Å². The van der Waals surface area contributed by atoms with Gasteiger partial charge >= 0.3 is 0 Å². The highest BCUT2D eigenvalue weighted by atomic mass is 16.5. The molecule has 0 saturated carbocycles. The average molecular weight is 288 g/mol. The Morgan fingerprint density at radius 3 is 1.67 bits per heavy atom. The van der Waals surface area contributed by atoms with Gasteiger partial charge in [-0.1, -0.05) is 24.3 Å². The van der Waals surface area contributed by atoms with Crippen molar-refractivity contribution in [2.45, 2.75) is 12.1 Å². The monoisotopic (exact) mass is 288 g/mol. The van der Waals surface area contributed by atoms with Crippen LogP contribution in [-0.2, 0) is 0 Å². The smallest absolute Gasteiger partial charge is 0.118 e. The van der Waals surface area contributed by atoms with Gasteiger partial charge in [-0.2, -0.15) is 0 Å². The number of aliphatic hydroxyl groups excluding tert-OH is 1. The lowest BCUT2D eigenvalue weighted by molar-refractivity contribution is 0.129. The summed E-state index contributed by atoms with van der Waals surface area (Å²) in [4.78, 5) is 0. The minimum atomic E-state index is -0.769. The number of aliphatic hydroxyl groups is 1. The number of ether oxygens (including phenoxy) is 2. The molecule has 0 aromatic heterocycles. The summed E-state index contributed by atoms with van der Waals surface area (Å²) in [5.41, 5.74) is 4.30. The second-order valence-corrected chi connectivity index (χ2v) is 4.64. The first-order valence-electron chi connectivity index (χ1n) is 6.61. The fourth-order valence-electron chi connectivity index (χ4n) is 2.17. The third-order valence-electron chi connectivity index (χ3n) is 3.43. The highest BCUT2D eigenvalue weighted by Gasteiger charge is 2.21. The summed E-state index contributed by atoms with van der Waals surface area (Å²) >= 11 is 0. The standard InChI is InChI=1S/C16H20N2O3/c1-20-13-7-3-11(4-8-13)15(18-17)16(19)12-5-9-14(21-2)10-6-12/h3-10,15-16,18-19H,17H2,1-2H3/t15-,16-/m0/s1. The fourth-order valence-corrected chi connectivity index (χ4v) is 2.17. The van der Waals surface area contributed by atoms with Gasteiger partial charge in [-0.3, -0.25) is 11.3 Å². The van der Waals surface area contributed by atoms with Crippen molar-refractivity contribution in [3.63, 3.8) is 0 Å². The fraction of sp³-hybridized carbons (Fsp3) is 0.250. The molecule has 0 radical (unpaired) electrons. The summed E-state index contributed by atoms with van der Waals surface area (Å²) in [6.45, 7) is 0. The van der Waals surface area contributed by atoms with Crippen molar-refractivity contribution in [2.24, 2.45) is 5.84 Å². The molecule has 0 unspecified atom stereocenters. The van der Waals surface area contributed by atoms with E-state index in [0.717, 1.165) is 22.6 Å². The van der Waals surface area contributed by atoms with Crippen molar-refractivity contribution in [3.05, 3.63) is 59.7 Å². The summed E-state index contributed by atoms with van der Waals surface area (Å²) in [6, 6.07) is 14.2. The van der Waals surface area contributed by atoms with Gasteiger partial charge in [0.1, 0.15) is 11.5 Å². The van der Waals surface area contributed by atoms with Gasteiger partial charge < -0.3 is 14.6 Å². The third kappa shape index (κ3) is 3.52. The van der Waals surface area contributed by atoms with E-state index in [2.05, 4.69) is 5.43 Å². The molecule has 0 aliphatic carbocycles. The lowest BCUT2D eigenvalue weighted by Crippen LogP contribution is -2.32. The molecule has 0 heterocycles. The van der Waals surface area contributed by atoms with Crippen LogP contribution in [0.1, 0.15) is 23.3 Å². The molecule has 0 amide bonds. The maximum atomic E-state index is 10.5. The number of methoxy groups -OCH3 is 2. The van der Waals surface area contributed by atoms with Crippen molar-refractivity contribution in [2.75, 3.05) is 14.2 Å². The van der Waals surface area contributed by atoms with Crippen LogP contribution in [0, 0.1) is 0 Å². The Hall–Kier alpha value is -2.08. The normalized spacial score (nSPS) is 13.5. The summed E-state index contributed by atoms with van der Waals surface area (Å²) < 4.78 is 10.2. The highest BCUT2D eigenvalue weighted by molar-refractivity contribution is 5.33. The van der Waals surface area contributed by atoms with Crippen LogP contribution >= 0.6 is 0 Å². The van der Waals surface area contributed by atoms with Crippen LogP contribution in [0.2, 0.25) is 0 Å². The number of nitrogens with one attached hydrogen (secondary N) is 1. The second kappa shape index (κ2) is 7.08. The van der Waals surface area contributed by atoms with E-state index in [0.29, 0.717) is 0 Å². The number of rotatable bonds is 6. The molecule has 2 rings (SSSR count). The molecule has 0 bridgehead atoms. The van der Waals surface area contributed by atoms with Gasteiger partial charge in [0.15, 0.2) is 0 Å². The van der Waals surface area contributed by atoms with Gasteiger partial charge in [0.25, 0.3) is 0 Å². The first-order chi connectivity index (χ1) is 10.2. The molecule has 2 atom stereocenters. The molecule has 2 aromatic carbocycles. The summed E-state index contributed by atoms with van der Waals surface area (Å²) in [5.74, 6) is 7.10. The number of hydrogen-bond donors (Lipinski definition) is 3. The molecule has 112 valence electrons. The number of benzene rings is 2. The molecule has 2 aromatic rings. The van der Waals surface area contributed by atoms with Crippen molar-refractivity contribution < 1.29 is 14.6 Å². The largest absolute Gasteiger partial charge is 0.497 e. The molecule has 0 spiro atoms. The number of nitrogens with two attached hydrogens (primary N) is 1. The van der Waals surface area contributed by atoms with Crippen LogP contribution in [0.25, 0.3) is 0 Å². The van der Waals surface area contributed by atoms with Crippen LogP contribution in [-0.4, -0.2) is 19.3 Å². The lowest BCUT2D eigenvalue weighted by atomic mass is 9.96. The molecule has 21 heavy (non-hydrogen) atoms. The van der Waals surface area contributed by atoms with E-state index in [-0.39, 0.29) is 0 Å². The van der Waals surface area contributed by atoms with Gasteiger partial charge in [-0.05, 0) is 35.4 Å². The van der Waals surface area contributed by atoms with E-state index in [9.17, 15) is 5.11 Å². The van der Waals surface area contributed by atoms with E-state index in [4.69, 9.17) is 15.3 Å². The molecule has 4 N–H and O–H groups in total. The Labute approximate surface area is 124 Å². The molecule has 0 aliphatic heterocycles. The maximum absolute atomic E-state index is 10.5. The van der Waals surface area contributed by atoms with Gasteiger partial charge in [0, 0.05) is 0 Å². The Bertz CT molecular complexity index is 555. The Kier molecular flexibility index (Phi) is 5.16. The first kappa shape index (κ1) is 15.3. The minimum Gasteiger partial charge on any atom is -0.497 e. The minimum absolute atomic E-state index is 0.413. The van der Waals surface area contributed by atoms with Gasteiger partial charge in [0.2, 0.25) is 0 Å². The van der Waals surface area contributed by atoms with E-state index in [1.165, 1.54) is 0 Å². The maximum Gasteiger partial charge on any atom is 0.118 e. The molecule has 0 saturated heterocycles. The van der Waals surface area contributed by atoms with Crippen molar-refractivity contribution >= 4 is 0 Å². The molecular weight excluding hydrogens is 268 g/mol. The van der Waals surface area contributed by atoms with E-state index >= 15 is 0 Å². The Morgan fingerprint density at radius 2 is 1.29 bits per heavy atom. The van der Waals surface area contributed by atoms with Crippen LogP contribution in [0.15, 0.2) is 48.5 Å². The zero-order chi connectivity index (χ0) is 15.2. The molecule has 5 heteroatoms. The van der Waals surface area contributed by atoms with Crippen LogP contribution in [0.4, 0.5) is 0 Å². The van der Waals surface area contributed by atoms with Crippen molar-refractivity contribution in [1.29, 1.82) is 0 Å². The lowest BCUT2D eigenvalue weighted by Gasteiger charge is -2.23. The highest BCUT2D eigenvalue weighted by Crippen LogP contribution is 2.30. The van der Waals surface area contributed by atoms with Crippen LogP contribution in [0.3, 0.4) is 0 Å². The van der Waals surface area contributed by atoms with E-state index in [1.54, 1.807) is 26.4 Å². The zero-order valence-electron chi connectivity index (χ0n) is 12.1. The third-order valence-corrected chi connectivity index (χ3v) is 3.43. The predicted octanol–water partition coefficient (Wildman–Crippen LogP) is 1.94. The SMILES string of the molecule is COc1ccc([C@H](O)[C@@H](NN)c2ccc(OC)cc2)cc1.